The lowest BCUT2D eigenvalue weighted by atomic mass is 10.2. The van der Waals surface area contributed by atoms with Crippen molar-refractivity contribution in [2.75, 3.05) is 19.8 Å². The quantitative estimate of drug-likeness (QED) is 0.727. The predicted molar refractivity (Wildman–Crippen MR) is 38.2 cm³/mol. The monoisotopic (exact) mass is 219 g/mol. The van der Waals surface area contributed by atoms with Crippen LogP contribution in [0.5, 0.6) is 0 Å². The first-order chi connectivity index (χ1) is 6.33. The van der Waals surface area contributed by atoms with E-state index in [1.165, 1.54) is 0 Å². The maximum Gasteiger partial charge on any atom is 0.454 e. The molecular weight excluding hydrogens is 209 g/mol. The molecule has 0 bridgehead atoms. The second kappa shape index (κ2) is 3.98. The lowest BCUT2D eigenvalue weighted by Gasteiger charge is -2.21. The van der Waals surface area contributed by atoms with E-state index in [0.717, 1.165) is 0 Å². The molecule has 1 aliphatic rings. The third-order valence-electron chi connectivity index (χ3n) is 1.96. The largest absolute Gasteiger partial charge is 0.454 e. The van der Waals surface area contributed by atoms with Crippen molar-refractivity contribution in [1.82, 2.24) is 5.32 Å². The van der Waals surface area contributed by atoms with E-state index in [-0.39, 0.29) is 6.61 Å². The minimum atomic E-state index is -5.49. The summed E-state index contributed by atoms with van der Waals surface area (Å²) in [5.74, 6) is -4.67. The maximum absolute atomic E-state index is 12.4. The van der Waals surface area contributed by atoms with Crippen LogP contribution in [0.15, 0.2) is 0 Å². The minimum absolute atomic E-state index is 0.188. The number of rotatable bonds is 3. The molecule has 0 aromatic carbocycles. The molecule has 0 saturated carbocycles. The molecule has 0 aliphatic carbocycles. The van der Waals surface area contributed by atoms with Crippen LogP contribution in [-0.4, -0.2) is 37.9 Å². The fourth-order valence-corrected chi connectivity index (χ4v) is 1.07. The third kappa shape index (κ3) is 2.78. The Morgan fingerprint density at radius 1 is 1.21 bits per heavy atom. The molecular formula is C7H10F5NO. The van der Waals surface area contributed by atoms with E-state index < -0.39 is 24.7 Å². The Kier molecular flexibility index (Phi) is 3.31. The van der Waals surface area contributed by atoms with Crippen LogP contribution in [-0.2, 0) is 4.74 Å². The zero-order chi connectivity index (χ0) is 10.8. The zero-order valence-electron chi connectivity index (χ0n) is 7.20. The number of halogens is 5. The highest BCUT2D eigenvalue weighted by Gasteiger charge is 2.57. The van der Waals surface area contributed by atoms with Gasteiger partial charge in [0, 0.05) is 12.6 Å². The highest BCUT2D eigenvalue weighted by atomic mass is 19.4. The van der Waals surface area contributed by atoms with Crippen molar-refractivity contribution in [2.24, 2.45) is 0 Å². The molecule has 84 valence electrons. The van der Waals surface area contributed by atoms with Crippen molar-refractivity contribution < 1.29 is 26.7 Å². The second-order valence-electron chi connectivity index (χ2n) is 3.14. The molecule has 0 amide bonds. The standard InChI is InChI=1S/C7H10F5NO/c8-6(9,7(10,11)12)4-13-5-1-2-14-3-5/h5,13H,1-4H2. The first-order valence-corrected chi connectivity index (χ1v) is 4.08. The van der Waals surface area contributed by atoms with E-state index in [4.69, 9.17) is 4.74 Å². The molecule has 1 fully saturated rings. The molecule has 1 saturated heterocycles. The molecule has 1 unspecified atom stereocenters. The van der Waals surface area contributed by atoms with Crippen molar-refractivity contribution in [3.05, 3.63) is 0 Å². The van der Waals surface area contributed by atoms with Gasteiger partial charge in [0.1, 0.15) is 0 Å². The maximum atomic E-state index is 12.4. The smallest absolute Gasteiger partial charge is 0.380 e. The molecule has 0 aromatic rings. The fraction of sp³-hybridized carbons (Fsp3) is 1.00. The Morgan fingerprint density at radius 3 is 2.29 bits per heavy atom. The molecule has 1 atom stereocenters. The number of hydrogen-bond donors (Lipinski definition) is 1. The normalized spacial score (nSPS) is 24.2. The van der Waals surface area contributed by atoms with Gasteiger partial charge in [0.25, 0.3) is 0 Å². The Balaban J connectivity index is 2.35. The number of ether oxygens (including phenoxy) is 1. The molecule has 1 rings (SSSR count). The highest BCUT2D eigenvalue weighted by molar-refractivity contribution is 4.81. The summed E-state index contributed by atoms with van der Waals surface area (Å²) in [7, 11) is 0. The van der Waals surface area contributed by atoms with Crippen molar-refractivity contribution in [1.29, 1.82) is 0 Å². The predicted octanol–water partition coefficient (Wildman–Crippen LogP) is 1.56. The van der Waals surface area contributed by atoms with Gasteiger partial charge in [0.15, 0.2) is 0 Å². The summed E-state index contributed by atoms with van der Waals surface area (Å²) in [5, 5.41) is 2.13. The molecule has 0 spiro atoms. The van der Waals surface area contributed by atoms with Gasteiger partial charge in [-0.15, -0.1) is 0 Å². The number of alkyl halides is 5. The van der Waals surface area contributed by atoms with Crippen molar-refractivity contribution in [2.45, 2.75) is 24.6 Å². The topological polar surface area (TPSA) is 21.3 Å². The molecule has 1 heterocycles. The molecule has 7 heteroatoms. The van der Waals surface area contributed by atoms with E-state index in [0.29, 0.717) is 13.0 Å². The number of nitrogens with one attached hydrogen (secondary N) is 1. The zero-order valence-corrected chi connectivity index (χ0v) is 7.20. The van der Waals surface area contributed by atoms with Gasteiger partial charge < -0.3 is 10.1 Å². The highest BCUT2D eigenvalue weighted by Crippen LogP contribution is 2.34. The van der Waals surface area contributed by atoms with Crippen LogP contribution < -0.4 is 5.32 Å². The number of hydrogen-bond acceptors (Lipinski definition) is 2. The summed E-state index contributed by atoms with van der Waals surface area (Å²) in [6, 6.07) is -0.400. The Morgan fingerprint density at radius 2 is 1.86 bits per heavy atom. The van der Waals surface area contributed by atoms with Gasteiger partial charge in [-0.05, 0) is 6.42 Å². The summed E-state index contributed by atoms with van der Waals surface area (Å²) in [5.41, 5.74) is 0. The SMILES string of the molecule is FC(F)(F)C(F)(F)CNC1CCOC1. The van der Waals surface area contributed by atoms with E-state index in [2.05, 4.69) is 5.32 Å². The molecule has 1 aliphatic heterocycles. The van der Waals surface area contributed by atoms with Crippen molar-refractivity contribution >= 4 is 0 Å². The Hall–Kier alpha value is -0.430. The van der Waals surface area contributed by atoms with E-state index in [9.17, 15) is 22.0 Å². The summed E-state index contributed by atoms with van der Waals surface area (Å²) < 4.78 is 64.6. The average Bonchev–Trinajstić information content (AvgIpc) is 2.50. The van der Waals surface area contributed by atoms with Gasteiger partial charge in [-0.1, -0.05) is 0 Å². The van der Waals surface area contributed by atoms with E-state index in [1.807, 2.05) is 0 Å². The van der Waals surface area contributed by atoms with Crippen molar-refractivity contribution in [3.63, 3.8) is 0 Å². The van der Waals surface area contributed by atoms with E-state index in [1.54, 1.807) is 0 Å². The molecule has 1 N–H and O–H groups in total. The Labute approximate surface area is 77.4 Å². The molecule has 0 radical (unpaired) electrons. The molecule has 2 nitrogen and oxygen atoms in total. The van der Waals surface area contributed by atoms with Crippen LogP contribution in [0.4, 0.5) is 22.0 Å². The van der Waals surface area contributed by atoms with Crippen LogP contribution in [0.25, 0.3) is 0 Å². The van der Waals surface area contributed by atoms with Gasteiger partial charge in [-0.25, -0.2) is 0 Å². The second-order valence-corrected chi connectivity index (χ2v) is 3.14. The summed E-state index contributed by atoms with van der Waals surface area (Å²) in [4.78, 5) is 0. The lowest BCUT2D eigenvalue weighted by molar-refractivity contribution is -0.279. The van der Waals surface area contributed by atoms with Gasteiger partial charge in [-0.2, -0.15) is 22.0 Å². The summed E-state index contributed by atoms with van der Waals surface area (Å²) >= 11 is 0. The average molecular weight is 219 g/mol. The minimum Gasteiger partial charge on any atom is -0.380 e. The van der Waals surface area contributed by atoms with Crippen LogP contribution in [0, 0.1) is 0 Å². The van der Waals surface area contributed by atoms with Gasteiger partial charge >= 0.3 is 12.1 Å². The van der Waals surface area contributed by atoms with Gasteiger partial charge in [-0.3, -0.25) is 0 Å². The summed E-state index contributed by atoms with van der Waals surface area (Å²) in [6.45, 7) is -0.798. The van der Waals surface area contributed by atoms with Crippen LogP contribution >= 0.6 is 0 Å². The third-order valence-corrected chi connectivity index (χ3v) is 1.96. The Bertz CT molecular complexity index is 187. The lowest BCUT2D eigenvalue weighted by Crippen LogP contribution is -2.48. The van der Waals surface area contributed by atoms with Gasteiger partial charge in [0.05, 0.1) is 13.2 Å². The van der Waals surface area contributed by atoms with Gasteiger partial charge in [0.2, 0.25) is 0 Å². The first-order valence-electron chi connectivity index (χ1n) is 4.08. The fourth-order valence-electron chi connectivity index (χ4n) is 1.07. The first kappa shape index (κ1) is 11.6. The van der Waals surface area contributed by atoms with Crippen LogP contribution in [0.2, 0.25) is 0 Å². The van der Waals surface area contributed by atoms with Crippen LogP contribution in [0.1, 0.15) is 6.42 Å². The van der Waals surface area contributed by atoms with Crippen LogP contribution in [0.3, 0.4) is 0 Å². The van der Waals surface area contributed by atoms with E-state index >= 15 is 0 Å². The summed E-state index contributed by atoms with van der Waals surface area (Å²) in [6.07, 6.45) is -5.02. The molecule has 0 aromatic heterocycles. The molecule has 14 heavy (non-hydrogen) atoms. The van der Waals surface area contributed by atoms with Crippen molar-refractivity contribution in [3.8, 4) is 0 Å².